The molecule has 3 amide bonds. The molecule has 0 bridgehead atoms. The van der Waals surface area contributed by atoms with Crippen LogP contribution in [0.2, 0.25) is 0 Å². The number of amides is 3. The Bertz CT molecular complexity index is 519. The maximum absolute atomic E-state index is 12.4. The van der Waals surface area contributed by atoms with Crippen molar-refractivity contribution in [2.45, 2.75) is 50.9 Å². The summed E-state index contributed by atoms with van der Waals surface area (Å²) in [6.07, 6.45) is 4.38. The summed E-state index contributed by atoms with van der Waals surface area (Å²) in [6.45, 7) is 2.97. The van der Waals surface area contributed by atoms with Crippen molar-refractivity contribution in [1.82, 2.24) is 16.0 Å². The van der Waals surface area contributed by atoms with Crippen molar-refractivity contribution in [1.29, 1.82) is 0 Å². The van der Waals surface area contributed by atoms with Crippen LogP contribution in [0, 0.1) is 0 Å². The second kappa shape index (κ2) is 13.7. The van der Waals surface area contributed by atoms with Crippen LogP contribution in [0.15, 0.2) is 0 Å². The maximum atomic E-state index is 12.4. The second-order valence-electron chi connectivity index (χ2n) is 6.04. The zero-order valence-corrected chi connectivity index (χ0v) is 17.7. The molecule has 0 aliphatic carbocycles. The quantitative estimate of drug-likeness (QED) is 0.264. The van der Waals surface area contributed by atoms with Crippen molar-refractivity contribution in [3.63, 3.8) is 0 Å². The lowest BCUT2D eigenvalue weighted by molar-refractivity contribution is -0.142. The van der Waals surface area contributed by atoms with E-state index in [4.69, 9.17) is 5.73 Å². The molecule has 156 valence electrons. The Kier molecular flexibility index (Phi) is 12.9. The Morgan fingerprint density at radius 3 is 1.78 bits per heavy atom. The number of hydrogen-bond donors (Lipinski definition) is 5. The predicted molar refractivity (Wildman–Crippen MR) is 109 cm³/mol. The molecule has 0 saturated carbocycles. The number of carbonyl (C=O) groups excluding carboxylic acids is 3. The molecule has 0 spiro atoms. The van der Waals surface area contributed by atoms with Gasteiger partial charge in [-0.25, -0.2) is 4.79 Å². The first-order valence-corrected chi connectivity index (χ1v) is 11.3. The summed E-state index contributed by atoms with van der Waals surface area (Å²) in [5.74, 6) is -1.49. The van der Waals surface area contributed by atoms with Gasteiger partial charge in [-0.1, -0.05) is 0 Å². The Morgan fingerprint density at radius 2 is 1.33 bits per heavy atom. The third kappa shape index (κ3) is 10.5. The van der Waals surface area contributed by atoms with Gasteiger partial charge in [0.25, 0.3) is 0 Å². The third-order valence-corrected chi connectivity index (χ3v) is 4.92. The summed E-state index contributed by atoms with van der Waals surface area (Å²) in [6, 6.07) is -3.55. The highest BCUT2D eigenvalue weighted by atomic mass is 32.2. The highest BCUT2D eigenvalue weighted by molar-refractivity contribution is 7.98. The molecular formula is C16H30N4O5S2. The van der Waals surface area contributed by atoms with E-state index in [1.807, 2.05) is 12.5 Å². The standard InChI is InChI=1S/C16H30N4O5S2/c1-9(17)13(21)19-11(5-7-26-3)15(23)18-10(2)14(22)20-12(16(24)25)6-8-27-4/h9-12H,5-8,17H2,1-4H3,(H,18,23)(H,19,21)(H,20,22)(H,24,25). The molecule has 0 aromatic carbocycles. The molecule has 0 aliphatic rings. The molecule has 6 N–H and O–H groups in total. The average molecular weight is 423 g/mol. The molecule has 0 saturated heterocycles. The number of thioether (sulfide) groups is 2. The number of carboxylic acid groups (broad SMARTS) is 1. The van der Waals surface area contributed by atoms with E-state index < -0.39 is 47.9 Å². The van der Waals surface area contributed by atoms with Gasteiger partial charge in [0.15, 0.2) is 0 Å². The van der Waals surface area contributed by atoms with Crippen LogP contribution in [0.25, 0.3) is 0 Å². The van der Waals surface area contributed by atoms with E-state index in [1.54, 1.807) is 0 Å². The van der Waals surface area contributed by atoms with Gasteiger partial charge in [-0.3, -0.25) is 14.4 Å². The summed E-state index contributed by atoms with van der Waals surface area (Å²) in [5, 5.41) is 16.7. The minimum Gasteiger partial charge on any atom is -0.480 e. The van der Waals surface area contributed by atoms with Crippen LogP contribution in [0.5, 0.6) is 0 Å². The minimum absolute atomic E-state index is 0.281. The fraction of sp³-hybridized carbons (Fsp3) is 0.750. The Morgan fingerprint density at radius 1 is 0.852 bits per heavy atom. The monoisotopic (exact) mass is 422 g/mol. The van der Waals surface area contributed by atoms with Crippen molar-refractivity contribution in [3.8, 4) is 0 Å². The molecule has 9 nitrogen and oxygen atoms in total. The fourth-order valence-corrected chi connectivity index (χ4v) is 2.92. The molecule has 0 radical (unpaired) electrons. The second-order valence-corrected chi connectivity index (χ2v) is 8.01. The van der Waals surface area contributed by atoms with Crippen molar-refractivity contribution in [2.75, 3.05) is 24.0 Å². The van der Waals surface area contributed by atoms with Gasteiger partial charge in [0.2, 0.25) is 17.7 Å². The molecule has 11 heteroatoms. The van der Waals surface area contributed by atoms with Gasteiger partial charge in [0.05, 0.1) is 6.04 Å². The molecule has 0 aliphatic heterocycles. The van der Waals surface area contributed by atoms with Gasteiger partial charge in [-0.2, -0.15) is 23.5 Å². The molecule has 27 heavy (non-hydrogen) atoms. The van der Waals surface area contributed by atoms with Crippen molar-refractivity contribution < 1.29 is 24.3 Å². The summed E-state index contributed by atoms with van der Waals surface area (Å²) in [7, 11) is 0. The van der Waals surface area contributed by atoms with Crippen molar-refractivity contribution in [3.05, 3.63) is 0 Å². The van der Waals surface area contributed by atoms with E-state index in [1.165, 1.54) is 37.4 Å². The van der Waals surface area contributed by atoms with Crippen LogP contribution >= 0.6 is 23.5 Å². The Balaban J connectivity index is 4.85. The largest absolute Gasteiger partial charge is 0.480 e. The van der Waals surface area contributed by atoms with E-state index in [9.17, 15) is 24.3 Å². The summed E-state index contributed by atoms with van der Waals surface area (Å²) in [5.41, 5.74) is 5.52. The molecule has 0 rings (SSSR count). The van der Waals surface area contributed by atoms with Gasteiger partial charge in [0, 0.05) is 0 Å². The molecule has 0 heterocycles. The first-order chi connectivity index (χ1) is 12.6. The number of nitrogens with two attached hydrogens (primary N) is 1. The summed E-state index contributed by atoms with van der Waals surface area (Å²) >= 11 is 2.99. The average Bonchev–Trinajstić information content (AvgIpc) is 2.60. The van der Waals surface area contributed by atoms with Gasteiger partial charge < -0.3 is 26.8 Å². The number of rotatable bonds is 13. The number of aliphatic carboxylic acids is 1. The third-order valence-electron chi connectivity index (χ3n) is 3.63. The zero-order valence-electron chi connectivity index (χ0n) is 16.1. The number of hydrogen-bond acceptors (Lipinski definition) is 7. The number of carboxylic acids is 1. The molecule has 0 aromatic rings. The van der Waals surface area contributed by atoms with Crippen LogP contribution in [-0.2, 0) is 19.2 Å². The lowest BCUT2D eigenvalue weighted by atomic mass is 10.1. The molecular weight excluding hydrogens is 392 g/mol. The van der Waals surface area contributed by atoms with E-state index >= 15 is 0 Å². The van der Waals surface area contributed by atoms with Gasteiger partial charge in [0.1, 0.15) is 18.1 Å². The van der Waals surface area contributed by atoms with Crippen LogP contribution in [-0.4, -0.2) is 77.0 Å². The minimum atomic E-state index is -1.13. The topological polar surface area (TPSA) is 151 Å². The van der Waals surface area contributed by atoms with Gasteiger partial charge >= 0.3 is 5.97 Å². The van der Waals surface area contributed by atoms with E-state index in [2.05, 4.69) is 16.0 Å². The van der Waals surface area contributed by atoms with Crippen molar-refractivity contribution in [2.24, 2.45) is 5.73 Å². The SMILES string of the molecule is CSCCC(NC(=O)C(C)NC(=O)C(CCSC)NC(=O)C(C)N)C(=O)O. The molecule has 4 atom stereocenters. The van der Waals surface area contributed by atoms with Crippen LogP contribution < -0.4 is 21.7 Å². The zero-order chi connectivity index (χ0) is 21.0. The van der Waals surface area contributed by atoms with Crippen molar-refractivity contribution >= 4 is 47.2 Å². The molecule has 0 aromatic heterocycles. The van der Waals surface area contributed by atoms with Crippen LogP contribution in [0.3, 0.4) is 0 Å². The number of carbonyl (C=O) groups is 4. The Labute approximate surface area is 168 Å². The van der Waals surface area contributed by atoms with Gasteiger partial charge in [-0.15, -0.1) is 0 Å². The highest BCUT2D eigenvalue weighted by Gasteiger charge is 2.27. The van der Waals surface area contributed by atoms with E-state index in [-0.39, 0.29) is 6.42 Å². The molecule has 0 fully saturated rings. The number of nitrogens with one attached hydrogen (secondary N) is 3. The van der Waals surface area contributed by atoms with Gasteiger partial charge in [-0.05, 0) is 50.7 Å². The first-order valence-electron chi connectivity index (χ1n) is 8.51. The summed E-state index contributed by atoms with van der Waals surface area (Å²) in [4.78, 5) is 47.7. The first kappa shape index (κ1) is 25.5. The fourth-order valence-electron chi connectivity index (χ4n) is 1.98. The lowest BCUT2D eigenvalue weighted by Crippen LogP contribution is -2.56. The van der Waals surface area contributed by atoms with E-state index in [0.717, 1.165) is 0 Å². The van der Waals surface area contributed by atoms with Crippen LogP contribution in [0.4, 0.5) is 0 Å². The lowest BCUT2D eigenvalue weighted by Gasteiger charge is -2.23. The normalized spacial score (nSPS) is 15.1. The predicted octanol–water partition coefficient (Wildman–Crippen LogP) is -0.601. The van der Waals surface area contributed by atoms with Crippen LogP contribution in [0.1, 0.15) is 26.7 Å². The maximum Gasteiger partial charge on any atom is 0.326 e. The smallest absolute Gasteiger partial charge is 0.326 e. The Hall–Kier alpha value is -1.46. The summed E-state index contributed by atoms with van der Waals surface area (Å²) < 4.78 is 0. The highest BCUT2D eigenvalue weighted by Crippen LogP contribution is 2.04. The molecule has 4 unspecified atom stereocenters. The van der Waals surface area contributed by atoms with E-state index in [0.29, 0.717) is 17.9 Å².